The second-order valence-corrected chi connectivity index (χ2v) is 7.57. The second kappa shape index (κ2) is 10.6. The van der Waals surface area contributed by atoms with Gasteiger partial charge in [0, 0.05) is 0 Å². The summed E-state index contributed by atoms with van der Waals surface area (Å²) in [6.45, 7) is 2.64. The van der Waals surface area contributed by atoms with Crippen molar-refractivity contribution in [3.05, 3.63) is 89.5 Å². The molecule has 1 aliphatic rings. The first-order valence-corrected chi connectivity index (χ1v) is 11.0. The number of barbiturate groups is 1. The standard InChI is InChI=1S/C27H24N2O6/c1-3-34-24-16-19(9-14-23(24)33-2)15-22-25(30)28-27(32)29(26(22)31)20-10-12-21(13-11-20)35-17-18-7-5-4-6-8-18/h4-16H,3,17H2,1-2H3,(H,28,30,32)/b22-15+. The maximum Gasteiger partial charge on any atom is 0.335 e. The number of hydrogen-bond donors (Lipinski definition) is 1. The molecule has 1 heterocycles. The van der Waals surface area contributed by atoms with Crippen LogP contribution in [0.15, 0.2) is 78.4 Å². The van der Waals surface area contributed by atoms with E-state index in [0.717, 1.165) is 10.5 Å². The van der Waals surface area contributed by atoms with E-state index < -0.39 is 17.8 Å². The van der Waals surface area contributed by atoms with Crippen molar-refractivity contribution < 1.29 is 28.6 Å². The number of carbonyl (C=O) groups is 3. The van der Waals surface area contributed by atoms with Crippen LogP contribution in [0.4, 0.5) is 10.5 Å². The van der Waals surface area contributed by atoms with Gasteiger partial charge in [-0.1, -0.05) is 36.4 Å². The number of carbonyl (C=O) groups excluding carboxylic acids is 3. The summed E-state index contributed by atoms with van der Waals surface area (Å²) in [6, 6.07) is 20.4. The van der Waals surface area contributed by atoms with Crippen molar-refractivity contribution >= 4 is 29.6 Å². The lowest BCUT2D eigenvalue weighted by atomic mass is 10.1. The minimum Gasteiger partial charge on any atom is -0.493 e. The smallest absolute Gasteiger partial charge is 0.335 e. The fourth-order valence-corrected chi connectivity index (χ4v) is 3.54. The van der Waals surface area contributed by atoms with Crippen LogP contribution in [0.25, 0.3) is 6.08 Å². The zero-order valence-electron chi connectivity index (χ0n) is 19.3. The van der Waals surface area contributed by atoms with Crippen LogP contribution in [-0.4, -0.2) is 31.6 Å². The predicted octanol–water partition coefficient (Wildman–Crippen LogP) is 4.34. The Morgan fingerprint density at radius 1 is 0.886 bits per heavy atom. The minimum atomic E-state index is -0.820. The lowest BCUT2D eigenvalue weighted by molar-refractivity contribution is -0.122. The molecular formula is C27H24N2O6. The van der Waals surface area contributed by atoms with E-state index in [1.165, 1.54) is 13.2 Å². The van der Waals surface area contributed by atoms with Gasteiger partial charge in [0.1, 0.15) is 17.9 Å². The van der Waals surface area contributed by atoms with Gasteiger partial charge in [0.25, 0.3) is 11.8 Å². The van der Waals surface area contributed by atoms with Crippen molar-refractivity contribution in [1.82, 2.24) is 5.32 Å². The fraction of sp³-hybridized carbons (Fsp3) is 0.148. The van der Waals surface area contributed by atoms with Crippen LogP contribution in [0.3, 0.4) is 0 Å². The third kappa shape index (κ3) is 5.33. The van der Waals surface area contributed by atoms with Gasteiger partial charge in [-0.25, -0.2) is 9.69 Å². The molecule has 0 aliphatic carbocycles. The summed E-state index contributed by atoms with van der Waals surface area (Å²) < 4.78 is 16.6. The first-order chi connectivity index (χ1) is 17.0. The molecule has 35 heavy (non-hydrogen) atoms. The summed E-state index contributed by atoms with van der Waals surface area (Å²) in [5.41, 5.74) is 1.69. The Kier molecular flexibility index (Phi) is 7.11. The van der Waals surface area contributed by atoms with Gasteiger partial charge in [0.2, 0.25) is 0 Å². The molecule has 178 valence electrons. The normalized spacial score (nSPS) is 14.6. The first kappa shape index (κ1) is 23.6. The average molecular weight is 472 g/mol. The molecular weight excluding hydrogens is 448 g/mol. The molecule has 8 nitrogen and oxygen atoms in total. The Morgan fingerprint density at radius 2 is 1.63 bits per heavy atom. The summed E-state index contributed by atoms with van der Waals surface area (Å²) in [6.07, 6.45) is 1.41. The molecule has 8 heteroatoms. The third-order valence-corrected chi connectivity index (χ3v) is 5.24. The van der Waals surface area contributed by atoms with E-state index in [1.807, 2.05) is 37.3 Å². The number of nitrogens with one attached hydrogen (secondary N) is 1. The van der Waals surface area contributed by atoms with Crippen LogP contribution in [0, 0.1) is 0 Å². The van der Waals surface area contributed by atoms with Crippen molar-refractivity contribution in [3.63, 3.8) is 0 Å². The Morgan fingerprint density at radius 3 is 2.31 bits per heavy atom. The molecule has 0 unspecified atom stereocenters. The van der Waals surface area contributed by atoms with E-state index in [4.69, 9.17) is 14.2 Å². The number of benzene rings is 3. The lowest BCUT2D eigenvalue weighted by Gasteiger charge is -2.26. The van der Waals surface area contributed by atoms with Gasteiger partial charge in [-0.15, -0.1) is 0 Å². The van der Waals surface area contributed by atoms with Gasteiger partial charge < -0.3 is 14.2 Å². The quantitative estimate of drug-likeness (QED) is 0.387. The zero-order chi connectivity index (χ0) is 24.8. The van der Waals surface area contributed by atoms with Crippen molar-refractivity contribution in [2.75, 3.05) is 18.6 Å². The Bertz CT molecular complexity index is 1270. The number of hydrogen-bond acceptors (Lipinski definition) is 6. The number of nitrogens with zero attached hydrogens (tertiary/aromatic N) is 1. The van der Waals surface area contributed by atoms with E-state index in [-0.39, 0.29) is 5.57 Å². The van der Waals surface area contributed by atoms with Crippen LogP contribution in [0.1, 0.15) is 18.1 Å². The fourth-order valence-electron chi connectivity index (χ4n) is 3.54. The van der Waals surface area contributed by atoms with E-state index in [1.54, 1.807) is 42.5 Å². The monoisotopic (exact) mass is 472 g/mol. The highest BCUT2D eigenvalue weighted by molar-refractivity contribution is 6.39. The second-order valence-electron chi connectivity index (χ2n) is 7.57. The highest BCUT2D eigenvalue weighted by atomic mass is 16.5. The molecule has 0 atom stereocenters. The Balaban J connectivity index is 1.55. The van der Waals surface area contributed by atoms with E-state index in [9.17, 15) is 14.4 Å². The Labute approximate surface area is 202 Å². The molecule has 4 amide bonds. The van der Waals surface area contributed by atoms with Crippen LogP contribution in [-0.2, 0) is 16.2 Å². The lowest BCUT2D eigenvalue weighted by Crippen LogP contribution is -2.54. The number of anilines is 1. The molecule has 0 radical (unpaired) electrons. The van der Waals surface area contributed by atoms with Crippen LogP contribution >= 0.6 is 0 Å². The molecule has 1 saturated heterocycles. The number of rotatable bonds is 8. The molecule has 0 bridgehead atoms. The summed E-state index contributed by atoms with van der Waals surface area (Å²) in [5, 5.41) is 2.22. The summed E-state index contributed by atoms with van der Waals surface area (Å²) in [7, 11) is 1.52. The Hall–Kier alpha value is -4.59. The molecule has 3 aromatic carbocycles. The van der Waals surface area contributed by atoms with Crippen molar-refractivity contribution in [2.45, 2.75) is 13.5 Å². The highest BCUT2D eigenvalue weighted by Gasteiger charge is 2.36. The summed E-state index contributed by atoms with van der Waals surface area (Å²) in [5.74, 6) is 0.0844. The van der Waals surface area contributed by atoms with Crippen LogP contribution in [0.2, 0.25) is 0 Å². The number of methoxy groups -OCH3 is 1. The van der Waals surface area contributed by atoms with E-state index >= 15 is 0 Å². The molecule has 4 rings (SSSR count). The van der Waals surface area contributed by atoms with Gasteiger partial charge >= 0.3 is 6.03 Å². The number of ether oxygens (including phenoxy) is 3. The van der Waals surface area contributed by atoms with Gasteiger partial charge in [-0.2, -0.15) is 0 Å². The maximum atomic E-state index is 13.2. The zero-order valence-corrected chi connectivity index (χ0v) is 19.3. The third-order valence-electron chi connectivity index (χ3n) is 5.24. The molecule has 1 fully saturated rings. The van der Waals surface area contributed by atoms with Crippen LogP contribution < -0.4 is 24.4 Å². The highest BCUT2D eigenvalue weighted by Crippen LogP contribution is 2.30. The molecule has 0 spiro atoms. The van der Waals surface area contributed by atoms with Crippen molar-refractivity contribution in [1.29, 1.82) is 0 Å². The van der Waals surface area contributed by atoms with Crippen molar-refractivity contribution in [3.8, 4) is 17.2 Å². The number of amides is 4. The van der Waals surface area contributed by atoms with Crippen LogP contribution in [0.5, 0.6) is 17.2 Å². The molecule has 0 saturated carbocycles. The topological polar surface area (TPSA) is 94.2 Å². The number of urea groups is 1. The first-order valence-electron chi connectivity index (χ1n) is 11.0. The molecule has 3 aromatic rings. The summed E-state index contributed by atoms with van der Waals surface area (Å²) in [4.78, 5) is 39.1. The predicted molar refractivity (Wildman–Crippen MR) is 130 cm³/mol. The number of imide groups is 2. The van der Waals surface area contributed by atoms with Gasteiger partial charge in [-0.05, 0) is 60.5 Å². The molecule has 1 N–H and O–H groups in total. The van der Waals surface area contributed by atoms with Crippen molar-refractivity contribution in [2.24, 2.45) is 0 Å². The van der Waals surface area contributed by atoms with E-state index in [2.05, 4.69) is 5.32 Å². The van der Waals surface area contributed by atoms with E-state index in [0.29, 0.717) is 41.7 Å². The SMILES string of the molecule is CCOc1cc(/C=C2\C(=O)NC(=O)N(c3ccc(OCc4ccccc4)cc3)C2=O)ccc1OC. The minimum absolute atomic E-state index is 0.179. The summed E-state index contributed by atoms with van der Waals surface area (Å²) >= 11 is 0. The van der Waals surface area contributed by atoms with Gasteiger partial charge in [0.05, 0.1) is 19.4 Å². The maximum absolute atomic E-state index is 13.2. The average Bonchev–Trinajstić information content (AvgIpc) is 2.87. The molecule has 0 aromatic heterocycles. The molecule has 1 aliphatic heterocycles. The largest absolute Gasteiger partial charge is 0.493 e. The van der Waals surface area contributed by atoms with Gasteiger partial charge in [-0.3, -0.25) is 14.9 Å². The van der Waals surface area contributed by atoms with Gasteiger partial charge in [0.15, 0.2) is 11.5 Å².